The van der Waals surface area contributed by atoms with Crippen LogP contribution in [-0.4, -0.2) is 20.9 Å². The lowest BCUT2D eigenvalue weighted by Crippen LogP contribution is -2.06. The Bertz CT molecular complexity index is 691. The molecule has 21 heavy (non-hydrogen) atoms. The van der Waals surface area contributed by atoms with E-state index in [2.05, 4.69) is 0 Å². The summed E-state index contributed by atoms with van der Waals surface area (Å²) in [5.74, 6) is -1.25. The first-order chi connectivity index (χ1) is 9.59. The summed E-state index contributed by atoms with van der Waals surface area (Å²) in [5.41, 5.74) is -0.293. The summed E-state index contributed by atoms with van der Waals surface area (Å²) in [5, 5.41) is 31.3. The lowest BCUT2D eigenvalue weighted by atomic mass is 9.94. The van der Waals surface area contributed by atoms with E-state index in [0.29, 0.717) is 0 Å². The minimum absolute atomic E-state index is 0.0466. The molecular formula is C13H14N2O6. The zero-order valence-electron chi connectivity index (χ0n) is 12.0. The van der Waals surface area contributed by atoms with Crippen molar-refractivity contribution >= 4 is 23.4 Å². The normalized spacial score (nSPS) is 11.3. The number of benzene rings is 1. The summed E-state index contributed by atoms with van der Waals surface area (Å²) in [6, 6.07) is 0. The highest BCUT2D eigenvalue weighted by molar-refractivity contribution is 5.93. The van der Waals surface area contributed by atoms with Gasteiger partial charge in [-0.15, -0.1) is 0 Å². The fourth-order valence-electron chi connectivity index (χ4n) is 2.11. The molecule has 0 aliphatic rings. The smallest absolute Gasteiger partial charge is 0.331 e. The highest BCUT2D eigenvalue weighted by atomic mass is 16.6. The van der Waals surface area contributed by atoms with Gasteiger partial charge >= 0.3 is 5.97 Å². The monoisotopic (exact) mass is 294 g/mol. The number of nitro groups is 2. The number of nitrogens with zero attached hydrogens (tertiary/aromatic N) is 2. The van der Waals surface area contributed by atoms with Crippen molar-refractivity contribution in [3.63, 3.8) is 0 Å². The van der Waals surface area contributed by atoms with Gasteiger partial charge in [0.1, 0.15) is 0 Å². The molecule has 0 bridgehead atoms. The SMILES string of the molecule is C/C(=C\c1c(C)c([N+](=O)[O-])c(C)c(C)c1[N+](=O)[O-])C(=O)O. The number of hydrogen-bond donors (Lipinski definition) is 1. The van der Waals surface area contributed by atoms with E-state index < -0.39 is 15.8 Å². The Hall–Kier alpha value is -2.77. The molecule has 0 atom stereocenters. The van der Waals surface area contributed by atoms with E-state index in [-0.39, 0.29) is 39.2 Å². The van der Waals surface area contributed by atoms with Gasteiger partial charge in [-0.25, -0.2) is 4.79 Å². The van der Waals surface area contributed by atoms with Crippen LogP contribution in [0.5, 0.6) is 0 Å². The fourth-order valence-corrected chi connectivity index (χ4v) is 2.11. The van der Waals surface area contributed by atoms with Gasteiger partial charge in [0.05, 0.1) is 15.4 Å². The maximum absolute atomic E-state index is 11.2. The molecule has 0 unspecified atom stereocenters. The third-order valence-electron chi connectivity index (χ3n) is 3.35. The van der Waals surface area contributed by atoms with Gasteiger partial charge in [0, 0.05) is 22.3 Å². The Morgan fingerprint density at radius 1 is 1.00 bits per heavy atom. The van der Waals surface area contributed by atoms with E-state index >= 15 is 0 Å². The molecule has 0 aromatic heterocycles. The van der Waals surface area contributed by atoms with E-state index in [1.54, 1.807) is 0 Å². The molecule has 1 aromatic carbocycles. The average molecular weight is 294 g/mol. The van der Waals surface area contributed by atoms with Crippen molar-refractivity contribution in [2.75, 3.05) is 0 Å². The summed E-state index contributed by atoms with van der Waals surface area (Å²) in [6.45, 7) is 5.49. The van der Waals surface area contributed by atoms with Crippen LogP contribution in [0.4, 0.5) is 11.4 Å². The molecule has 0 aliphatic heterocycles. The Balaban J connectivity index is 3.91. The van der Waals surface area contributed by atoms with Crippen molar-refractivity contribution in [1.82, 2.24) is 0 Å². The quantitative estimate of drug-likeness (QED) is 0.517. The lowest BCUT2D eigenvalue weighted by Gasteiger charge is -2.10. The first kappa shape index (κ1) is 16.3. The summed E-state index contributed by atoms with van der Waals surface area (Å²) in [4.78, 5) is 32.0. The van der Waals surface area contributed by atoms with Crippen molar-refractivity contribution in [3.8, 4) is 0 Å². The predicted octanol–water partition coefficient (Wildman–Crippen LogP) is 2.92. The third-order valence-corrected chi connectivity index (χ3v) is 3.35. The molecule has 8 nitrogen and oxygen atoms in total. The third kappa shape index (κ3) is 2.88. The van der Waals surface area contributed by atoms with Gasteiger partial charge in [-0.05, 0) is 33.8 Å². The van der Waals surface area contributed by atoms with Crippen LogP contribution < -0.4 is 0 Å². The van der Waals surface area contributed by atoms with Crippen LogP contribution in [-0.2, 0) is 4.79 Å². The highest BCUT2D eigenvalue weighted by Gasteiger charge is 2.29. The predicted molar refractivity (Wildman–Crippen MR) is 75.2 cm³/mol. The summed E-state index contributed by atoms with van der Waals surface area (Å²) in [7, 11) is 0. The maximum Gasteiger partial charge on any atom is 0.331 e. The molecule has 1 N–H and O–H groups in total. The number of carboxylic acids is 1. The minimum Gasteiger partial charge on any atom is -0.478 e. The van der Waals surface area contributed by atoms with Gasteiger partial charge in [-0.2, -0.15) is 0 Å². The Morgan fingerprint density at radius 2 is 1.43 bits per heavy atom. The molecule has 0 saturated heterocycles. The average Bonchev–Trinajstić information content (AvgIpc) is 2.34. The van der Waals surface area contributed by atoms with Crippen LogP contribution >= 0.6 is 0 Å². The van der Waals surface area contributed by atoms with Crippen molar-refractivity contribution in [1.29, 1.82) is 0 Å². The molecular weight excluding hydrogens is 280 g/mol. The standard InChI is InChI=1S/C13H14N2O6/c1-6(13(16)17)5-10-9(4)11(14(18)19)7(2)8(3)12(10)15(20)21/h5H,1-4H3,(H,16,17)/b6-5+. The Kier molecular flexibility index (Phi) is 4.42. The van der Waals surface area contributed by atoms with Crippen LogP contribution in [0.2, 0.25) is 0 Å². The number of carbonyl (C=O) groups is 1. The van der Waals surface area contributed by atoms with E-state index in [1.165, 1.54) is 27.7 Å². The number of carboxylic acid groups (broad SMARTS) is 1. The van der Waals surface area contributed by atoms with Gasteiger partial charge in [0.15, 0.2) is 0 Å². The molecule has 0 fully saturated rings. The first-order valence-electron chi connectivity index (χ1n) is 5.93. The zero-order valence-corrected chi connectivity index (χ0v) is 12.0. The van der Waals surface area contributed by atoms with E-state index in [0.717, 1.165) is 6.08 Å². The molecule has 112 valence electrons. The van der Waals surface area contributed by atoms with E-state index in [1.807, 2.05) is 0 Å². The van der Waals surface area contributed by atoms with E-state index in [4.69, 9.17) is 5.11 Å². The molecule has 0 aliphatic carbocycles. The van der Waals surface area contributed by atoms with Crippen LogP contribution in [0.25, 0.3) is 6.08 Å². The maximum atomic E-state index is 11.2. The molecule has 1 rings (SSSR count). The van der Waals surface area contributed by atoms with Crippen LogP contribution in [0.3, 0.4) is 0 Å². The topological polar surface area (TPSA) is 124 Å². The second-order valence-electron chi connectivity index (χ2n) is 4.63. The number of hydrogen-bond acceptors (Lipinski definition) is 5. The highest BCUT2D eigenvalue weighted by Crippen LogP contribution is 2.38. The number of aliphatic carboxylic acids is 1. The van der Waals surface area contributed by atoms with Crippen molar-refractivity contribution in [2.45, 2.75) is 27.7 Å². The summed E-state index contributed by atoms with van der Waals surface area (Å²) >= 11 is 0. The Morgan fingerprint density at radius 3 is 1.81 bits per heavy atom. The van der Waals surface area contributed by atoms with Gasteiger partial charge in [0.2, 0.25) is 0 Å². The molecule has 0 radical (unpaired) electrons. The molecule has 0 amide bonds. The summed E-state index contributed by atoms with van der Waals surface area (Å²) in [6.07, 6.45) is 1.09. The second kappa shape index (κ2) is 5.70. The molecule has 8 heteroatoms. The van der Waals surface area contributed by atoms with Crippen molar-refractivity contribution < 1.29 is 19.7 Å². The lowest BCUT2D eigenvalue weighted by molar-refractivity contribution is -0.390. The Labute approximate surface area is 120 Å². The first-order valence-corrected chi connectivity index (χ1v) is 5.93. The molecule has 1 aromatic rings. The molecule has 0 saturated carbocycles. The van der Waals surface area contributed by atoms with Gasteiger partial charge in [-0.1, -0.05) is 0 Å². The van der Waals surface area contributed by atoms with Gasteiger partial charge in [-0.3, -0.25) is 20.2 Å². The van der Waals surface area contributed by atoms with Crippen LogP contribution in [0.15, 0.2) is 5.57 Å². The van der Waals surface area contributed by atoms with Crippen LogP contribution in [0.1, 0.15) is 29.2 Å². The van der Waals surface area contributed by atoms with Gasteiger partial charge in [0.25, 0.3) is 11.4 Å². The molecule has 0 spiro atoms. The second-order valence-corrected chi connectivity index (χ2v) is 4.63. The van der Waals surface area contributed by atoms with Crippen molar-refractivity contribution in [2.24, 2.45) is 0 Å². The zero-order chi connectivity index (χ0) is 16.5. The summed E-state index contributed by atoms with van der Waals surface area (Å²) < 4.78 is 0. The van der Waals surface area contributed by atoms with Gasteiger partial charge < -0.3 is 5.11 Å². The molecule has 0 heterocycles. The number of nitro benzene ring substituents is 2. The fraction of sp³-hybridized carbons (Fsp3) is 0.308. The van der Waals surface area contributed by atoms with E-state index in [9.17, 15) is 25.0 Å². The minimum atomic E-state index is -1.25. The van der Waals surface area contributed by atoms with Crippen molar-refractivity contribution in [3.05, 3.63) is 48.1 Å². The number of rotatable bonds is 4. The largest absolute Gasteiger partial charge is 0.478 e. The van der Waals surface area contributed by atoms with Crippen LogP contribution in [0, 0.1) is 41.0 Å².